The van der Waals surface area contributed by atoms with E-state index < -0.39 is 0 Å². The van der Waals surface area contributed by atoms with E-state index in [0.29, 0.717) is 13.1 Å². The molecule has 1 heterocycles. The maximum Gasteiger partial charge on any atom is 0.234 e. The van der Waals surface area contributed by atoms with Gasteiger partial charge < -0.3 is 15.2 Å². The molecule has 0 aromatic heterocycles. The quantitative estimate of drug-likeness (QED) is 0.651. The number of ether oxygens (including phenoxy) is 1. The number of aliphatic hydroxyl groups is 1. The molecule has 1 rings (SSSR count). The maximum absolute atomic E-state index is 11.7. The summed E-state index contributed by atoms with van der Waals surface area (Å²) in [6.45, 7) is 5.25. The van der Waals surface area contributed by atoms with Crippen LogP contribution in [0.2, 0.25) is 0 Å². The van der Waals surface area contributed by atoms with Gasteiger partial charge in [0.15, 0.2) is 0 Å². The summed E-state index contributed by atoms with van der Waals surface area (Å²) in [4.78, 5) is 13.6. The van der Waals surface area contributed by atoms with E-state index >= 15 is 0 Å². The summed E-state index contributed by atoms with van der Waals surface area (Å²) < 4.78 is 5.23. The second-order valence-corrected chi connectivity index (χ2v) is 4.05. The van der Waals surface area contributed by atoms with Crippen molar-refractivity contribution >= 4 is 5.91 Å². The lowest BCUT2D eigenvalue weighted by Crippen LogP contribution is -2.44. The number of rotatable bonds is 6. The molecule has 5 nitrogen and oxygen atoms in total. The molecule has 2 N–H and O–H groups in total. The minimum absolute atomic E-state index is 0.0437. The number of hydrogen-bond donors (Lipinski definition) is 2. The Balaban J connectivity index is 2.22. The molecule has 0 spiro atoms. The third-order valence-electron chi connectivity index (χ3n) is 2.82. The van der Waals surface area contributed by atoms with Crippen molar-refractivity contribution in [1.29, 1.82) is 0 Å². The van der Waals surface area contributed by atoms with Crippen molar-refractivity contribution in [2.75, 3.05) is 39.5 Å². The van der Waals surface area contributed by atoms with Gasteiger partial charge in [0.25, 0.3) is 0 Å². The Morgan fingerprint density at radius 3 is 2.75 bits per heavy atom. The van der Waals surface area contributed by atoms with Crippen LogP contribution in [-0.4, -0.2) is 61.4 Å². The van der Waals surface area contributed by atoms with E-state index in [1.54, 1.807) is 0 Å². The Bertz CT molecular complexity index is 197. The van der Waals surface area contributed by atoms with Gasteiger partial charge >= 0.3 is 0 Å². The Morgan fingerprint density at radius 1 is 1.50 bits per heavy atom. The summed E-state index contributed by atoms with van der Waals surface area (Å²) in [6.07, 6.45) is 1.80. The predicted molar refractivity (Wildman–Crippen MR) is 61.2 cm³/mol. The van der Waals surface area contributed by atoms with Crippen LogP contribution in [-0.2, 0) is 9.53 Å². The van der Waals surface area contributed by atoms with Gasteiger partial charge in [0.1, 0.15) is 0 Å². The Kier molecular flexibility index (Phi) is 6.37. The van der Waals surface area contributed by atoms with E-state index in [4.69, 9.17) is 9.84 Å². The van der Waals surface area contributed by atoms with Crippen LogP contribution in [0, 0.1) is 0 Å². The molecular weight excluding hydrogens is 208 g/mol. The molecule has 0 aromatic rings. The van der Waals surface area contributed by atoms with Gasteiger partial charge in [-0.3, -0.25) is 9.69 Å². The van der Waals surface area contributed by atoms with Crippen LogP contribution >= 0.6 is 0 Å². The summed E-state index contributed by atoms with van der Waals surface area (Å²) >= 11 is 0. The van der Waals surface area contributed by atoms with Crippen molar-refractivity contribution in [2.24, 2.45) is 0 Å². The van der Waals surface area contributed by atoms with Crippen molar-refractivity contribution < 1.29 is 14.6 Å². The number of nitrogens with zero attached hydrogens (tertiary/aromatic N) is 1. The molecule has 1 saturated heterocycles. The summed E-state index contributed by atoms with van der Waals surface area (Å²) in [5, 5.41) is 11.8. The molecule has 0 atom stereocenters. The van der Waals surface area contributed by atoms with E-state index in [0.717, 1.165) is 32.6 Å². The molecule has 0 unspecified atom stereocenters. The molecule has 1 aliphatic rings. The summed E-state index contributed by atoms with van der Waals surface area (Å²) in [5.74, 6) is 0.0437. The molecule has 0 aliphatic carbocycles. The molecule has 94 valence electrons. The van der Waals surface area contributed by atoms with Gasteiger partial charge in [0.2, 0.25) is 5.91 Å². The number of nitrogens with one attached hydrogen (secondary N) is 1. The predicted octanol–water partition coefficient (Wildman–Crippen LogP) is -0.404. The van der Waals surface area contributed by atoms with E-state index in [-0.39, 0.29) is 18.6 Å². The van der Waals surface area contributed by atoms with Gasteiger partial charge in [-0.1, -0.05) is 6.92 Å². The van der Waals surface area contributed by atoms with Crippen molar-refractivity contribution in [3.05, 3.63) is 0 Å². The van der Waals surface area contributed by atoms with E-state index in [1.807, 2.05) is 11.8 Å². The highest BCUT2D eigenvalue weighted by Gasteiger charge is 2.17. The number of amides is 1. The molecule has 0 bridgehead atoms. The van der Waals surface area contributed by atoms with Crippen molar-refractivity contribution in [2.45, 2.75) is 25.8 Å². The lowest BCUT2D eigenvalue weighted by molar-refractivity contribution is -0.123. The van der Waals surface area contributed by atoms with Gasteiger partial charge in [-0.25, -0.2) is 0 Å². The maximum atomic E-state index is 11.7. The van der Waals surface area contributed by atoms with Gasteiger partial charge in [0, 0.05) is 25.8 Å². The molecule has 5 heteroatoms. The van der Waals surface area contributed by atoms with Gasteiger partial charge in [-0.05, 0) is 19.4 Å². The largest absolute Gasteiger partial charge is 0.395 e. The van der Waals surface area contributed by atoms with Crippen molar-refractivity contribution in [1.82, 2.24) is 10.2 Å². The standard InChI is InChI=1S/C11H22N2O3/c1-2-13(5-6-14)9-11(15)12-10-3-7-16-8-4-10/h10,14H,2-9H2,1H3,(H,12,15). The lowest BCUT2D eigenvalue weighted by Gasteiger charge is -2.25. The van der Waals surface area contributed by atoms with Crippen LogP contribution in [0.4, 0.5) is 0 Å². The third-order valence-corrected chi connectivity index (χ3v) is 2.82. The molecule has 0 saturated carbocycles. The summed E-state index contributed by atoms with van der Waals surface area (Å²) in [7, 11) is 0. The molecule has 16 heavy (non-hydrogen) atoms. The fraction of sp³-hybridized carbons (Fsp3) is 0.909. The minimum atomic E-state index is 0.0437. The Labute approximate surface area is 96.8 Å². The number of carbonyl (C=O) groups excluding carboxylic acids is 1. The fourth-order valence-electron chi connectivity index (χ4n) is 1.81. The van der Waals surface area contributed by atoms with Gasteiger partial charge in [0.05, 0.1) is 13.2 Å². The van der Waals surface area contributed by atoms with E-state index in [9.17, 15) is 4.79 Å². The monoisotopic (exact) mass is 230 g/mol. The van der Waals surface area contributed by atoms with Crippen molar-refractivity contribution in [3.8, 4) is 0 Å². The second kappa shape index (κ2) is 7.60. The van der Waals surface area contributed by atoms with Crippen LogP contribution in [0.25, 0.3) is 0 Å². The second-order valence-electron chi connectivity index (χ2n) is 4.05. The third kappa shape index (κ3) is 4.92. The fourth-order valence-corrected chi connectivity index (χ4v) is 1.81. The normalized spacial score (nSPS) is 17.7. The number of hydrogen-bond acceptors (Lipinski definition) is 4. The van der Waals surface area contributed by atoms with Crippen LogP contribution in [0.3, 0.4) is 0 Å². The van der Waals surface area contributed by atoms with Gasteiger partial charge in [-0.15, -0.1) is 0 Å². The highest BCUT2D eigenvalue weighted by molar-refractivity contribution is 5.78. The topological polar surface area (TPSA) is 61.8 Å². The van der Waals surface area contributed by atoms with E-state index in [1.165, 1.54) is 0 Å². The smallest absolute Gasteiger partial charge is 0.234 e. The average Bonchev–Trinajstić information content (AvgIpc) is 2.29. The summed E-state index contributed by atoms with van der Waals surface area (Å²) in [5.41, 5.74) is 0. The van der Waals surface area contributed by atoms with Crippen LogP contribution in [0.5, 0.6) is 0 Å². The number of carbonyl (C=O) groups is 1. The first-order valence-corrected chi connectivity index (χ1v) is 5.96. The molecule has 0 radical (unpaired) electrons. The van der Waals surface area contributed by atoms with E-state index in [2.05, 4.69) is 5.32 Å². The van der Waals surface area contributed by atoms with Gasteiger partial charge in [-0.2, -0.15) is 0 Å². The Hall–Kier alpha value is -0.650. The average molecular weight is 230 g/mol. The SMILES string of the molecule is CCN(CCO)CC(=O)NC1CCOCC1. The summed E-state index contributed by atoms with van der Waals surface area (Å²) in [6, 6.07) is 0.258. The zero-order chi connectivity index (χ0) is 11.8. The highest BCUT2D eigenvalue weighted by atomic mass is 16.5. The van der Waals surface area contributed by atoms with Crippen LogP contribution < -0.4 is 5.32 Å². The molecular formula is C11H22N2O3. The number of aliphatic hydroxyl groups excluding tert-OH is 1. The van der Waals surface area contributed by atoms with Crippen LogP contribution in [0.1, 0.15) is 19.8 Å². The molecule has 1 aliphatic heterocycles. The first-order valence-electron chi connectivity index (χ1n) is 5.96. The minimum Gasteiger partial charge on any atom is -0.395 e. The number of likely N-dealkylation sites (N-methyl/N-ethyl adjacent to an activating group) is 1. The molecule has 1 amide bonds. The van der Waals surface area contributed by atoms with Crippen LogP contribution in [0.15, 0.2) is 0 Å². The Morgan fingerprint density at radius 2 is 2.19 bits per heavy atom. The first-order chi connectivity index (χ1) is 7.76. The first kappa shape index (κ1) is 13.4. The lowest BCUT2D eigenvalue weighted by atomic mass is 10.1. The van der Waals surface area contributed by atoms with Crippen molar-refractivity contribution in [3.63, 3.8) is 0 Å². The molecule has 0 aromatic carbocycles. The zero-order valence-corrected chi connectivity index (χ0v) is 9.95. The highest BCUT2D eigenvalue weighted by Crippen LogP contribution is 2.05. The zero-order valence-electron chi connectivity index (χ0n) is 9.95. The molecule has 1 fully saturated rings.